The van der Waals surface area contributed by atoms with E-state index in [9.17, 15) is 4.79 Å². The topological polar surface area (TPSA) is 55.8 Å². The zero-order chi connectivity index (χ0) is 13.5. The molecule has 4 nitrogen and oxygen atoms in total. The van der Waals surface area contributed by atoms with Gasteiger partial charge in [0.25, 0.3) is 0 Å². The molecule has 0 bridgehead atoms. The highest BCUT2D eigenvalue weighted by Gasteiger charge is 2.14. The second-order valence-corrected chi connectivity index (χ2v) is 5.09. The average molecular weight is 317 g/mol. The summed E-state index contributed by atoms with van der Waals surface area (Å²) >= 11 is 3.20. The van der Waals surface area contributed by atoms with E-state index < -0.39 is 5.97 Å². The summed E-state index contributed by atoms with van der Waals surface area (Å²) in [4.78, 5) is 11.1. The lowest BCUT2D eigenvalue weighted by atomic mass is 10.2. The number of rotatable bonds is 7. The monoisotopic (exact) mass is 316 g/mol. The number of halogens is 1. The van der Waals surface area contributed by atoms with E-state index in [1.165, 1.54) is 0 Å². The first-order valence-corrected chi connectivity index (χ1v) is 6.54. The van der Waals surface area contributed by atoms with E-state index in [0.717, 1.165) is 0 Å². The van der Waals surface area contributed by atoms with Crippen molar-refractivity contribution in [2.24, 2.45) is 5.92 Å². The molecule has 0 aromatic heterocycles. The summed E-state index contributed by atoms with van der Waals surface area (Å²) in [6.07, 6.45) is 0. The van der Waals surface area contributed by atoms with Crippen molar-refractivity contribution in [2.45, 2.75) is 13.8 Å². The average Bonchev–Trinajstić information content (AvgIpc) is 2.27. The van der Waals surface area contributed by atoms with E-state index in [0.29, 0.717) is 36.0 Å². The Kier molecular flexibility index (Phi) is 6.15. The Balaban J connectivity index is 2.52. The Morgan fingerprint density at radius 1 is 1.39 bits per heavy atom. The second-order valence-electron chi connectivity index (χ2n) is 4.24. The lowest BCUT2D eigenvalue weighted by Crippen LogP contribution is -2.12. The molecule has 0 fully saturated rings. The van der Waals surface area contributed by atoms with Crippen molar-refractivity contribution in [1.82, 2.24) is 0 Å². The Morgan fingerprint density at radius 3 is 2.72 bits per heavy atom. The molecule has 18 heavy (non-hydrogen) atoms. The molecular formula is C13H17BrO4. The molecule has 0 saturated heterocycles. The molecule has 0 spiro atoms. The highest BCUT2D eigenvalue weighted by Crippen LogP contribution is 2.26. The maximum Gasteiger partial charge on any atom is 0.340 e. The van der Waals surface area contributed by atoms with Crippen LogP contribution < -0.4 is 4.74 Å². The van der Waals surface area contributed by atoms with Crippen molar-refractivity contribution < 1.29 is 19.4 Å². The summed E-state index contributed by atoms with van der Waals surface area (Å²) in [5.41, 5.74) is 0.140. The highest BCUT2D eigenvalue weighted by atomic mass is 79.9. The number of ether oxygens (including phenoxy) is 2. The van der Waals surface area contributed by atoms with Gasteiger partial charge in [0.2, 0.25) is 0 Å². The first-order chi connectivity index (χ1) is 8.52. The van der Waals surface area contributed by atoms with E-state index in [2.05, 4.69) is 29.8 Å². The van der Waals surface area contributed by atoms with Crippen molar-refractivity contribution in [3.63, 3.8) is 0 Å². The number of benzene rings is 1. The summed E-state index contributed by atoms with van der Waals surface area (Å²) in [5.74, 6) is -0.184. The Morgan fingerprint density at radius 2 is 2.11 bits per heavy atom. The van der Waals surface area contributed by atoms with Crippen LogP contribution in [0.4, 0.5) is 0 Å². The summed E-state index contributed by atoms with van der Waals surface area (Å²) in [7, 11) is 0. The van der Waals surface area contributed by atoms with Gasteiger partial charge >= 0.3 is 5.97 Å². The number of hydrogen-bond acceptors (Lipinski definition) is 3. The molecule has 1 rings (SSSR count). The van der Waals surface area contributed by atoms with Gasteiger partial charge in [0, 0.05) is 11.1 Å². The van der Waals surface area contributed by atoms with Crippen LogP contribution >= 0.6 is 15.9 Å². The van der Waals surface area contributed by atoms with E-state index in [1.807, 2.05) is 0 Å². The fraction of sp³-hybridized carbons (Fsp3) is 0.462. The van der Waals surface area contributed by atoms with Gasteiger partial charge in [-0.05, 0) is 34.0 Å². The summed E-state index contributed by atoms with van der Waals surface area (Å²) in [5, 5.41) is 9.08. The van der Waals surface area contributed by atoms with Gasteiger partial charge in [-0.15, -0.1) is 0 Å². The zero-order valence-electron chi connectivity index (χ0n) is 10.5. The van der Waals surface area contributed by atoms with Gasteiger partial charge in [-0.25, -0.2) is 4.79 Å². The van der Waals surface area contributed by atoms with Crippen molar-refractivity contribution in [1.29, 1.82) is 0 Å². The van der Waals surface area contributed by atoms with Gasteiger partial charge in [-0.1, -0.05) is 19.9 Å². The van der Waals surface area contributed by atoms with Gasteiger partial charge in [0.15, 0.2) is 0 Å². The van der Waals surface area contributed by atoms with E-state index in [-0.39, 0.29) is 5.56 Å². The smallest absolute Gasteiger partial charge is 0.340 e. The first-order valence-electron chi connectivity index (χ1n) is 5.74. The molecule has 0 aliphatic rings. The molecule has 0 heterocycles. The molecule has 0 aliphatic carbocycles. The van der Waals surface area contributed by atoms with E-state index in [1.54, 1.807) is 18.2 Å². The quantitative estimate of drug-likeness (QED) is 0.785. The Labute approximate surface area is 115 Å². The van der Waals surface area contributed by atoms with Crippen LogP contribution in [0.1, 0.15) is 24.2 Å². The standard InChI is InChI=1S/C13H17BrO4/c1-9(2)8-17-6-7-18-11-5-3-4-10(14)12(11)13(15)16/h3-5,9H,6-8H2,1-2H3,(H,15,16). The molecule has 0 amide bonds. The molecule has 1 N–H and O–H groups in total. The van der Waals surface area contributed by atoms with Crippen LogP contribution in [0.15, 0.2) is 22.7 Å². The third-order valence-corrected chi connectivity index (χ3v) is 2.79. The van der Waals surface area contributed by atoms with Crippen LogP contribution in [0, 0.1) is 5.92 Å². The van der Waals surface area contributed by atoms with Crippen molar-refractivity contribution in [3.05, 3.63) is 28.2 Å². The van der Waals surface area contributed by atoms with Crippen molar-refractivity contribution in [3.8, 4) is 5.75 Å². The minimum atomic E-state index is -1.01. The summed E-state index contributed by atoms with van der Waals surface area (Å²) < 4.78 is 11.3. The second kappa shape index (κ2) is 7.38. The predicted octanol–water partition coefficient (Wildman–Crippen LogP) is 3.20. The lowest BCUT2D eigenvalue weighted by Gasteiger charge is -2.11. The first kappa shape index (κ1) is 15.0. The van der Waals surface area contributed by atoms with Crippen LogP contribution in [0.5, 0.6) is 5.75 Å². The van der Waals surface area contributed by atoms with Crippen LogP contribution in [0.25, 0.3) is 0 Å². The number of carboxylic acid groups (broad SMARTS) is 1. The molecular weight excluding hydrogens is 300 g/mol. The van der Waals surface area contributed by atoms with Crippen LogP contribution in [0.3, 0.4) is 0 Å². The molecule has 0 radical (unpaired) electrons. The maximum absolute atomic E-state index is 11.1. The van der Waals surface area contributed by atoms with Crippen molar-refractivity contribution >= 4 is 21.9 Å². The van der Waals surface area contributed by atoms with Crippen LogP contribution in [-0.2, 0) is 4.74 Å². The van der Waals surface area contributed by atoms with E-state index >= 15 is 0 Å². The maximum atomic E-state index is 11.1. The number of hydrogen-bond donors (Lipinski definition) is 1. The Bertz CT molecular complexity index is 404. The van der Waals surface area contributed by atoms with Gasteiger partial charge in [-0.3, -0.25) is 0 Å². The summed E-state index contributed by atoms with van der Waals surface area (Å²) in [6, 6.07) is 5.04. The normalized spacial score (nSPS) is 10.7. The van der Waals surface area contributed by atoms with Gasteiger partial charge in [-0.2, -0.15) is 0 Å². The van der Waals surface area contributed by atoms with E-state index in [4.69, 9.17) is 14.6 Å². The minimum absolute atomic E-state index is 0.140. The summed E-state index contributed by atoms with van der Waals surface area (Å²) in [6.45, 7) is 5.59. The molecule has 0 unspecified atom stereocenters. The number of carbonyl (C=O) groups is 1. The number of aromatic carboxylic acids is 1. The minimum Gasteiger partial charge on any atom is -0.490 e. The molecule has 0 saturated carbocycles. The SMILES string of the molecule is CC(C)COCCOc1cccc(Br)c1C(=O)O. The van der Waals surface area contributed by atoms with Crippen LogP contribution in [-0.4, -0.2) is 30.9 Å². The largest absolute Gasteiger partial charge is 0.490 e. The molecule has 5 heteroatoms. The van der Waals surface area contributed by atoms with Crippen LogP contribution in [0.2, 0.25) is 0 Å². The van der Waals surface area contributed by atoms with Gasteiger partial charge < -0.3 is 14.6 Å². The fourth-order valence-electron chi connectivity index (χ4n) is 1.36. The van der Waals surface area contributed by atoms with Crippen molar-refractivity contribution in [2.75, 3.05) is 19.8 Å². The van der Waals surface area contributed by atoms with Gasteiger partial charge in [0.1, 0.15) is 17.9 Å². The number of carboxylic acids is 1. The molecule has 1 aromatic carbocycles. The van der Waals surface area contributed by atoms with Gasteiger partial charge in [0.05, 0.1) is 6.61 Å². The zero-order valence-corrected chi connectivity index (χ0v) is 12.1. The Hall–Kier alpha value is -1.07. The highest BCUT2D eigenvalue weighted by molar-refractivity contribution is 9.10. The molecule has 1 aromatic rings. The fourth-order valence-corrected chi connectivity index (χ4v) is 1.88. The lowest BCUT2D eigenvalue weighted by molar-refractivity contribution is 0.0676. The molecule has 0 aliphatic heterocycles. The molecule has 100 valence electrons. The third kappa shape index (κ3) is 4.66. The predicted molar refractivity (Wildman–Crippen MR) is 72.3 cm³/mol. The third-order valence-electron chi connectivity index (χ3n) is 2.13. The molecule has 0 atom stereocenters.